The highest BCUT2D eigenvalue weighted by Crippen LogP contribution is 2.24. The predicted molar refractivity (Wildman–Crippen MR) is 80.7 cm³/mol. The molecule has 2 N–H and O–H groups in total. The molecule has 0 fully saturated rings. The van der Waals surface area contributed by atoms with E-state index in [1.807, 2.05) is 18.2 Å². The van der Waals surface area contributed by atoms with Crippen molar-refractivity contribution in [2.45, 2.75) is 27.2 Å². The van der Waals surface area contributed by atoms with Crippen LogP contribution in [0.3, 0.4) is 0 Å². The number of aromatic nitrogens is 2. The first-order valence-electron chi connectivity index (χ1n) is 6.79. The third-order valence-corrected chi connectivity index (χ3v) is 3.06. The van der Waals surface area contributed by atoms with Crippen LogP contribution in [0.15, 0.2) is 24.4 Å². The van der Waals surface area contributed by atoms with E-state index in [0.29, 0.717) is 6.54 Å². The zero-order chi connectivity index (χ0) is 14.0. The van der Waals surface area contributed by atoms with Crippen LogP contribution in [0, 0.1) is 5.41 Å². The Morgan fingerprint density at radius 1 is 1.32 bits per heavy atom. The van der Waals surface area contributed by atoms with Crippen LogP contribution in [-0.4, -0.2) is 29.5 Å². The molecule has 0 aliphatic heterocycles. The summed E-state index contributed by atoms with van der Waals surface area (Å²) in [6, 6.07) is 6.08. The molecule has 2 rings (SSSR count). The third kappa shape index (κ3) is 3.07. The van der Waals surface area contributed by atoms with Gasteiger partial charge in [-0.05, 0) is 24.1 Å². The minimum absolute atomic E-state index is 0.241. The van der Waals surface area contributed by atoms with E-state index in [4.69, 9.17) is 10.7 Å². The molecule has 0 unspecified atom stereocenters. The molecule has 2 aromatic heterocycles. The lowest BCUT2D eigenvalue weighted by atomic mass is 9.96. The van der Waals surface area contributed by atoms with Gasteiger partial charge in [-0.3, -0.25) is 0 Å². The van der Waals surface area contributed by atoms with Crippen LogP contribution in [0.4, 0.5) is 5.82 Å². The van der Waals surface area contributed by atoms with Crippen LogP contribution in [-0.2, 0) is 6.42 Å². The van der Waals surface area contributed by atoms with Gasteiger partial charge in [0.2, 0.25) is 0 Å². The standard InChI is InChI=1S/C15H24N4/c1-15(2,3)11-18(4)14-12(8-9-16)19-10-6-5-7-13(19)17-14/h5-7,10H,8-9,11,16H2,1-4H3. The van der Waals surface area contributed by atoms with E-state index < -0.39 is 0 Å². The second-order valence-electron chi connectivity index (χ2n) is 6.27. The molecule has 104 valence electrons. The lowest BCUT2D eigenvalue weighted by molar-refractivity contribution is 0.417. The van der Waals surface area contributed by atoms with Gasteiger partial charge in [-0.25, -0.2) is 4.98 Å². The molecule has 2 aromatic rings. The number of pyridine rings is 1. The van der Waals surface area contributed by atoms with E-state index in [9.17, 15) is 0 Å². The highest BCUT2D eigenvalue weighted by molar-refractivity contribution is 5.55. The number of anilines is 1. The molecule has 0 aromatic carbocycles. The minimum atomic E-state index is 0.241. The Hall–Kier alpha value is -1.55. The smallest absolute Gasteiger partial charge is 0.150 e. The monoisotopic (exact) mass is 260 g/mol. The molecule has 0 bridgehead atoms. The number of imidazole rings is 1. The number of nitrogens with two attached hydrogens (primary N) is 1. The van der Waals surface area contributed by atoms with Crippen molar-refractivity contribution in [2.75, 3.05) is 25.0 Å². The Bertz CT molecular complexity index is 551. The Kier molecular flexibility index (Phi) is 3.80. The maximum atomic E-state index is 5.75. The summed E-state index contributed by atoms with van der Waals surface area (Å²) in [5.41, 5.74) is 8.17. The Balaban J connectivity index is 2.43. The van der Waals surface area contributed by atoms with Crippen molar-refractivity contribution in [1.82, 2.24) is 9.38 Å². The van der Waals surface area contributed by atoms with Crippen LogP contribution in [0.2, 0.25) is 0 Å². The maximum Gasteiger partial charge on any atom is 0.150 e. The zero-order valence-corrected chi connectivity index (χ0v) is 12.3. The average molecular weight is 260 g/mol. The molecule has 0 aliphatic rings. The number of nitrogens with zero attached hydrogens (tertiary/aromatic N) is 3. The van der Waals surface area contributed by atoms with Gasteiger partial charge in [0, 0.05) is 26.2 Å². The van der Waals surface area contributed by atoms with E-state index in [0.717, 1.165) is 24.4 Å². The highest BCUT2D eigenvalue weighted by atomic mass is 15.2. The van der Waals surface area contributed by atoms with E-state index in [1.165, 1.54) is 5.69 Å². The molecule has 0 amide bonds. The van der Waals surface area contributed by atoms with Crippen molar-refractivity contribution in [2.24, 2.45) is 11.1 Å². The maximum absolute atomic E-state index is 5.75. The second kappa shape index (κ2) is 5.21. The van der Waals surface area contributed by atoms with Gasteiger partial charge >= 0.3 is 0 Å². The Morgan fingerprint density at radius 3 is 2.68 bits per heavy atom. The summed E-state index contributed by atoms with van der Waals surface area (Å²) in [6.07, 6.45) is 2.90. The molecule has 2 heterocycles. The van der Waals surface area contributed by atoms with Gasteiger partial charge in [0.25, 0.3) is 0 Å². The lowest BCUT2D eigenvalue weighted by Gasteiger charge is -2.27. The minimum Gasteiger partial charge on any atom is -0.358 e. The van der Waals surface area contributed by atoms with Crippen molar-refractivity contribution < 1.29 is 0 Å². The van der Waals surface area contributed by atoms with Crippen molar-refractivity contribution in [3.8, 4) is 0 Å². The van der Waals surface area contributed by atoms with Gasteiger partial charge in [0.05, 0.1) is 5.69 Å². The molecule has 4 heteroatoms. The first-order valence-corrected chi connectivity index (χ1v) is 6.79. The third-order valence-electron chi connectivity index (χ3n) is 3.06. The van der Waals surface area contributed by atoms with Crippen molar-refractivity contribution >= 4 is 11.5 Å². The summed E-state index contributed by atoms with van der Waals surface area (Å²) >= 11 is 0. The SMILES string of the molecule is CN(CC(C)(C)C)c1nc2ccccn2c1CCN. The molecule has 19 heavy (non-hydrogen) atoms. The van der Waals surface area contributed by atoms with Crippen molar-refractivity contribution in [3.05, 3.63) is 30.1 Å². The van der Waals surface area contributed by atoms with E-state index >= 15 is 0 Å². The summed E-state index contributed by atoms with van der Waals surface area (Å²) in [4.78, 5) is 6.98. The molecule has 0 aliphatic carbocycles. The van der Waals surface area contributed by atoms with Crippen LogP contribution >= 0.6 is 0 Å². The summed E-state index contributed by atoms with van der Waals surface area (Å²) < 4.78 is 2.14. The molecular formula is C15H24N4. The first kappa shape index (κ1) is 13.9. The van der Waals surface area contributed by atoms with Crippen molar-refractivity contribution in [1.29, 1.82) is 0 Å². The number of fused-ring (bicyclic) bond motifs is 1. The molecule has 4 nitrogen and oxygen atoms in total. The van der Waals surface area contributed by atoms with Gasteiger partial charge in [-0.15, -0.1) is 0 Å². The van der Waals surface area contributed by atoms with Gasteiger partial charge in [0.15, 0.2) is 5.82 Å². The van der Waals surface area contributed by atoms with Gasteiger partial charge in [-0.2, -0.15) is 0 Å². The lowest BCUT2D eigenvalue weighted by Crippen LogP contribution is -2.30. The first-order chi connectivity index (χ1) is 8.92. The number of rotatable bonds is 4. The van der Waals surface area contributed by atoms with Gasteiger partial charge in [-0.1, -0.05) is 26.8 Å². The second-order valence-corrected chi connectivity index (χ2v) is 6.27. The molecule has 0 atom stereocenters. The highest BCUT2D eigenvalue weighted by Gasteiger charge is 2.19. The zero-order valence-electron chi connectivity index (χ0n) is 12.3. The molecule has 0 spiro atoms. The molecular weight excluding hydrogens is 236 g/mol. The Labute approximate surface area is 115 Å². The van der Waals surface area contributed by atoms with Crippen LogP contribution < -0.4 is 10.6 Å². The largest absolute Gasteiger partial charge is 0.358 e. The number of hydrogen-bond donors (Lipinski definition) is 1. The van der Waals surface area contributed by atoms with Crippen molar-refractivity contribution in [3.63, 3.8) is 0 Å². The summed E-state index contributed by atoms with van der Waals surface area (Å²) in [5, 5.41) is 0. The summed E-state index contributed by atoms with van der Waals surface area (Å²) in [6.45, 7) is 8.32. The van der Waals surface area contributed by atoms with E-state index in [1.54, 1.807) is 0 Å². The van der Waals surface area contributed by atoms with E-state index in [2.05, 4.69) is 43.3 Å². The molecule has 0 saturated heterocycles. The van der Waals surface area contributed by atoms with E-state index in [-0.39, 0.29) is 5.41 Å². The fourth-order valence-electron chi connectivity index (χ4n) is 2.50. The summed E-state index contributed by atoms with van der Waals surface area (Å²) in [7, 11) is 2.10. The van der Waals surface area contributed by atoms with Crippen LogP contribution in [0.1, 0.15) is 26.5 Å². The van der Waals surface area contributed by atoms with Crippen LogP contribution in [0.5, 0.6) is 0 Å². The van der Waals surface area contributed by atoms with Gasteiger partial charge < -0.3 is 15.0 Å². The number of hydrogen-bond acceptors (Lipinski definition) is 3. The molecule has 0 radical (unpaired) electrons. The van der Waals surface area contributed by atoms with Gasteiger partial charge in [0.1, 0.15) is 5.65 Å². The Morgan fingerprint density at radius 2 is 2.05 bits per heavy atom. The quantitative estimate of drug-likeness (QED) is 0.917. The summed E-state index contributed by atoms with van der Waals surface area (Å²) in [5.74, 6) is 1.05. The fourth-order valence-corrected chi connectivity index (χ4v) is 2.50. The van der Waals surface area contributed by atoms with Crippen LogP contribution in [0.25, 0.3) is 5.65 Å². The predicted octanol–water partition coefficient (Wildman–Crippen LogP) is 2.32. The fraction of sp³-hybridized carbons (Fsp3) is 0.533. The molecule has 0 saturated carbocycles. The topological polar surface area (TPSA) is 46.6 Å². The normalized spacial score (nSPS) is 12.1. The average Bonchev–Trinajstić information content (AvgIpc) is 2.67.